The maximum atomic E-state index is 9.94. The monoisotopic (exact) mass is 404 g/mol. The first-order valence-corrected chi connectivity index (χ1v) is 11.3. The van der Waals surface area contributed by atoms with E-state index in [1.807, 2.05) is 0 Å². The second kappa shape index (κ2) is 11.1. The number of alkyl halides is 1. The molecule has 0 spiro atoms. The van der Waals surface area contributed by atoms with E-state index < -0.39 is 0 Å². The molecule has 0 aromatic heterocycles. The average molecular weight is 405 g/mol. The molecule has 2 bridgehead atoms. The summed E-state index contributed by atoms with van der Waals surface area (Å²) in [5.74, 6) is 1.86. The Bertz CT molecular complexity index is 596. The Hall–Kier alpha value is -1.42. The van der Waals surface area contributed by atoms with Crippen LogP contribution >= 0.6 is 0 Å². The molecule has 29 heavy (non-hydrogen) atoms. The summed E-state index contributed by atoms with van der Waals surface area (Å²) in [6.07, 6.45) is 10.0. The second-order valence-corrected chi connectivity index (χ2v) is 10.1. The SMILES string of the molecule is CC1CC2CC(C)(C)CC(c3ccccc3)(C1)C2.CF.O=CNC1CCNCC1. The molecule has 164 valence electrons. The van der Waals surface area contributed by atoms with Crippen LogP contribution in [0.25, 0.3) is 0 Å². The molecule has 4 rings (SSSR count). The third-order valence-electron chi connectivity index (χ3n) is 6.84. The van der Waals surface area contributed by atoms with Crippen LogP contribution in [0.2, 0.25) is 0 Å². The molecular weight excluding hydrogens is 363 g/mol. The minimum absolute atomic E-state index is 0.420. The van der Waals surface area contributed by atoms with Crippen LogP contribution in [0.15, 0.2) is 30.3 Å². The number of hydrogen-bond donors (Lipinski definition) is 2. The average Bonchev–Trinajstić information content (AvgIpc) is 2.70. The highest BCUT2D eigenvalue weighted by molar-refractivity contribution is 5.46. The van der Waals surface area contributed by atoms with E-state index in [9.17, 15) is 9.18 Å². The fourth-order valence-corrected chi connectivity index (χ4v) is 6.32. The highest BCUT2D eigenvalue weighted by atomic mass is 19.1. The molecule has 2 N–H and O–H groups in total. The lowest BCUT2D eigenvalue weighted by Crippen LogP contribution is -2.45. The molecule has 1 saturated heterocycles. The minimum Gasteiger partial charge on any atom is -0.356 e. The number of halogens is 1. The Morgan fingerprint density at radius 1 is 1.07 bits per heavy atom. The highest BCUT2D eigenvalue weighted by Crippen LogP contribution is 2.57. The van der Waals surface area contributed by atoms with E-state index in [1.54, 1.807) is 5.56 Å². The third-order valence-corrected chi connectivity index (χ3v) is 6.84. The maximum Gasteiger partial charge on any atom is 0.207 e. The Kier molecular flexibility index (Phi) is 9.13. The van der Waals surface area contributed by atoms with E-state index in [4.69, 9.17) is 0 Å². The van der Waals surface area contributed by atoms with E-state index in [2.05, 4.69) is 61.7 Å². The lowest BCUT2D eigenvalue weighted by atomic mass is 9.51. The zero-order valence-electron chi connectivity index (χ0n) is 18.8. The summed E-state index contributed by atoms with van der Waals surface area (Å²) in [5, 5.41) is 5.98. The van der Waals surface area contributed by atoms with Crippen LogP contribution in [0.3, 0.4) is 0 Å². The molecular formula is C25H41FN2O. The number of carbonyl (C=O) groups is 1. The predicted molar refractivity (Wildman–Crippen MR) is 120 cm³/mol. The summed E-state index contributed by atoms with van der Waals surface area (Å²) in [6.45, 7) is 9.48. The van der Waals surface area contributed by atoms with Crippen LogP contribution in [0.4, 0.5) is 4.39 Å². The normalized spacial score (nSPS) is 30.7. The molecule has 2 aliphatic carbocycles. The van der Waals surface area contributed by atoms with Crippen molar-refractivity contribution in [3.8, 4) is 0 Å². The molecule has 3 atom stereocenters. The highest BCUT2D eigenvalue weighted by Gasteiger charge is 2.48. The molecule has 1 amide bonds. The van der Waals surface area contributed by atoms with Gasteiger partial charge in [0, 0.05) is 6.04 Å². The van der Waals surface area contributed by atoms with Crippen LogP contribution in [-0.4, -0.2) is 32.7 Å². The van der Waals surface area contributed by atoms with Crippen molar-refractivity contribution in [1.82, 2.24) is 10.6 Å². The van der Waals surface area contributed by atoms with Crippen LogP contribution in [0, 0.1) is 17.3 Å². The van der Waals surface area contributed by atoms with Crippen molar-refractivity contribution in [3.05, 3.63) is 35.9 Å². The molecule has 3 nitrogen and oxygen atoms in total. The molecule has 3 fully saturated rings. The van der Waals surface area contributed by atoms with Gasteiger partial charge in [0.05, 0.1) is 7.18 Å². The van der Waals surface area contributed by atoms with Crippen molar-refractivity contribution >= 4 is 6.41 Å². The Labute approximate surface area is 177 Å². The first-order valence-electron chi connectivity index (χ1n) is 11.3. The van der Waals surface area contributed by atoms with Gasteiger partial charge in [0.2, 0.25) is 6.41 Å². The van der Waals surface area contributed by atoms with E-state index in [0.29, 0.717) is 24.0 Å². The van der Waals surface area contributed by atoms with Crippen molar-refractivity contribution in [2.24, 2.45) is 17.3 Å². The van der Waals surface area contributed by atoms with Gasteiger partial charge in [-0.3, -0.25) is 9.18 Å². The summed E-state index contributed by atoms with van der Waals surface area (Å²) in [4.78, 5) is 9.94. The molecule has 0 radical (unpaired) electrons. The number of hydrogen-bond acceptors (Lipinski definition) is 2. The Morgan fingerprint density at radius 2 is 1.72 bits per heavy atom. The summed E-state index contributed by atoms with van der Waals surface area (Å²) in [7, 11) is 0.500. The Balaban J connectivity index is 0.000000231. The van der Waals surface area contributed by atoms with Crippen molar-refractivity contribution in [2.75, 3.05) is 20.3 Å². The number of nitrogens with one attached hydrogen (secondary N) is 2. The standard InChI is InChI=1S/C18H26.C6H12N2O.CH3F/c1-14-9-15-11-17(2,3)13-18(10-14,12-15)16-7-5-4-6-8-16;9-5-8-6-1-3-7-4-2-6;1-2/h4-8,14-15H,9-13H2,1-3H3;5-7H,1-4H2,(H,8,9);1H3. The quantitative estimate of drug-likeness (QED) is 0.676. The lowest BCUT2D eigenvalue weighted by molar-refractivity contribution is -0.110. The van der Waals surface area contributed by atoms with Crippen molar-refractivity contribution in [3.63, 3.8) is 0 Å². The van der Waals surface area contributed by atoms with Gasteiger partial charge in [0.1, 0.15) is 0 Å². The van der Waals surface area contributed by atoms with Crippen LogP contribution in [0.5, 0.6) is 0 Å². The zero-order valence-corrected chi connectivity index (χ0v) is 18.8. The zero-order chi connectivity index (χ0) is 21.3. The maximum absolute atomic E-state index is 9.94. The van der Waals surface area contributed by atoms with Gasteiger partial charge in [-0.05, 0) is 86.3 Å². The minimum atomic E-state index is 0.420. The molecule has 3 unspecified atom stereocenters. The smallest absolute Gasteiger partial charge is 0.207 e. The Morgan fingerprint density at radius 3 is 2.34 bits per heavy atom. The number of benzene rings is 1. The molecule has 1 heterocycles. The topological polar surface area (TPSA) is 41.1 Å². The molecule has 4 heteroatoms. The molecule has 2 saturated carbocycles. The van der Waals surface area contributed by atoms with Gasteiger partial charge in [-0.25, -0.2) is 0 Å². The van der Waals surface area contributed by atoms with E-state index in [-0.39, 0.29) is 0 Å². The van der Waals surface area contributed by atoms with Gasteiger partial charge in [0.15, 0.2) is 0 Å². The summed E-state index contributed by atoms with van der Waals surface area (Å²) in [5.41, 5.74) is 2.61. The van der Waals surface area contributed by atoms with E-state index in [0.717, 1.165) is 44.2 Å². The largest absolute Gasteiger partial charge is 0.356 e. The molecule has 1 aromatic rings. The van der Waals surface area contributed by atoms with Gasteiger partial charge in [-0.1, -0.05) is 51.1 Å². The number of rotatable bonds is 3. The lowest BCUT2D eigenvalue weighted by Gasteiger charge is -2.54. The number of piperidine rings is 1. The molecule has 3 aliphatic rings. The van der Waals surface area contributed by atoms with Crippen LogP contribution < -0.4 is 10.6 Å². The second-order valence-electron chi connectivity index (χ2n) is 10.1. The van der Waals surface area contributed by atoms with Crippen molar-refractivity contribution in [2.45, 2.75) is 77.2 Å². The van der Waals surface area contributed by atoms with Gasteiger partial charge < -0.3 is 10.6 Å². The van der Waals surface area contributed by atoms with E-state index in [1.165, 1.54) is 32.1 Å². The first kappa shape index (κ1) is 23.9. The summed E-state index contributed by atoms with van der Waals surface area (Å²) >= 11 is 0. The molecule has 1 aliphatic heterocycles. The third kappa shape index (κ3) is 6.80. The van der Waals surface area contributed by atoms with Gasteiger partial charge in [-0.15, -0.1) is 0 Å². The van der Waals surface area contributed by atoms with Crippen LogP contribution in [-0.2, 0) is 10.2 Å². The fraction of sp³-hybridized carbons (Fsp3) is 0.720. The van der Waals surface area contributed by atoms with E-state index >= 15 is 0 Å². The number of carbonyl (C=O) groups excluding carboxylic acids is 1. The number of fused-ring (bicyclic) bond motifs is 2. The van der Waals surface area contributed by atoms with Gasteiger partial charge in [-0.2, -0.15) is 0 Å². The summed E-state index contributed by atoms with van der Waals surface area (Å²) in [6, 6.07) is 11.8. The van der Waals surface area contributed by atoms with Crippen molar-refractivity contribution < 1.29 is 9.18 Å². The van der Waals surface area contributed by atoms with Crippen molar-refractivity contribution in [1.29, 1.82) is 0 Å². The molecule has 1 aromatic carbocycles. The van der Waals surface area contributed by atoms with Gasteiger partial charge >= 0.3 is 0 Å². The number of amides is 1. The van der Waals surface area contributed by atoms with Crippen LogP contribution in [0.1, 0.15) is 71.3 Å². The predicted octanol–water partition coefficient (Wildman–Crippen LogP) is 5.25. The fourth-order valence-electron chi connectivity index (χ4n) is 6.32. The first-order chi connectivity index (χ1) is 13.9. The van der Waals surface area contributed by atoms with Gasteiger partial charge in [0.25, 0.3) is 0 Å². The summed E-state index contributed by atoms with van der Waals surface area (Å²) < 4.78 is 9.50.